The van der Waals surface area contributed by atoms with Crippen LogP contribution >= 0.6 is 0 Å². The van der Waals surface area contributed by atoms with Crippen LogP contribution in [0.2, 0.25) is 0 Å². The fraction of sp³-hybridized carbons (Fsp3) is 0.533. The first-order valence-electron chi connectivity index (χ1n) is 7.17. The minimum atomic E-state index is -0.558. The molecule has 0 spiro atoms. The van der Waals surface area contributed by atoms with Crippen molar-refractivity contribution in [3.05, 3.63) is 18.2 Å². The van der Waals surface area contributed by atoms with E-state index in [9.17, 15) is 4.79 Å². The van der Waals surface area contributed by atoms with Crippen molar-refractivity contribution in [1.29, 1.82) is 0 Å². The molecule has 0 saturated carbocycles. The number of rotatable bonds is 3. The molecule has 2 N–H and O–H groups in total. The van der Waals surface area contributed by atoms with Crippen LogP contribution in [0.4, 0.5) is 5.69 Å². The first kappa shape index (κ1) is 14.0. The SMILES string of the molecule is COC(=O)C(N)C1CCN(c2ccc3c(c2)OCCO3)C1. The number of hydrogen-bond donors (Lipinski definition) is 1. The van der Waals surface area contributed by atoms with E-state index in [1.807, 2.05) is 18.2 Å². The van der Waals surface area contributed by atoms with Gasteiger partial charge in [0, 0.05) is 30.8 Å². The van der Waals surface area contributed by atoms with Gasteiger partial charge >= 0.3 is 5.97 Å². The van der Waals surface area contributed by atoms with Crippen LogP contribution in [0.1, 0.15) is 6.42 Å². The van der Waals surface area contributed by atoms with Crippen LogP contribution in [0.25, 0.3) is 0 Å². The summed E-state index contributed by atoms with van der Waals surface area (Å²) in [7, 11) is 1.37. The molecule has 114 valence electrons. The van der Waals surface area contributed by atoms with Crippen molar-refractivity contribution in [1.82, 2.24) is 0 Å². The molecule has 3 rings (SSSR count). The highest BCUT2D eigenvalue weighted by atomic mass is 16.6. The maximum absolute atomic E-state index is 11.5. The minimum absolute atomic E-state index is 0.116. The molecule has 1 aromatic carbocycles. The maximum atomic E-state index is 11.5. The van der Waals surface area contributed by atoms with Gasteiger partial charge in [0.25, 0.3) is 0 Å². The van der Waals surface area contributed by atoms with E-state index in [0.29, 0.717) is 13.2 Å². The molecule has 0 aromatic heterocycles. The summed E-state index contributed by atoms with van der Waals surface area (Å²) in [4.78, 5) is 13.7. The zero-order chi connectivity index (χ0) is 14.8. The van der Waals surface area contributed by atoms with Crippen molar-refractivity contribution in [3.63, 3.8) is 0 Å². The molecule has 0 bridgehead atoms. The molecule has 1 fully saturated rings. The molecule has 1 aromatic rings. The lowest BCUT2D eigenvalue weighted by Gasteiger charge is -2.24. The molecule has 0 amide bonds. The number of carbonyl (C=O) groups excluding carboxylic acids is 1. The summed E-state index contributed by atoms with van der Waals surface area (Å²) in [5, 5.41) is 0. The summed E-state index contributed by atoms with van der Waals surface area (Å²) in [5.41, 5.74) is 7.01. The summed E-state index contributed by atoms with van der Waals surface area (Å²) in [6.07, 6.45) is 0.880. The average molecular weight is 292 g/mol. The Kier molecular flexibility index (Phi) is 3.88. The predicted molar refractivity (Wildman–Crippen MR) is 77.7 cm³/mol. The van der Waals surface area contributed by atoms with Gasteiger partial charge in [-0.05, 0) is 18.6 Å². The van der Waals surface area contributed by atoms with Crippen molar-refractivity contribution in [2.24, 2.45) is 11.7 Å². The second-order valence-corrected chi connectivity index (χ2v) is 5.37. The zero-order valence-electron chi connectivity index (χ0n) is 12.1. The number of fused-ring (bicyclic) bond motifs is 1. The van der Waals surface area contributed by atoms with Crippen LogP contribution in [0.5, 0.6) is 11.5 Å². The van der Waals surface area contributed by atoms with E-state index in [-0.39, 0.29) is 11.9 Å². The first-order chi connectivity index (χ1) is 10.2. The Bertz CT molecular complexity index is 534. The Morgan fingerprint density at radius 1 is 1.38 bits per heavy atom. The van der Waals surface area contributed by atoms with Gasteiger partial charge in [0.05, 0.1) is 7.11 Å². The van der Waals surface area contributed by atoms with E-state index in [4.69, 9.17) is 19.9 Å². The van der Waals surface area contributed by atoms with Crippen molar-refractivity contribution >= 4 is 11.7 Å². The van der Waals surface area contributed by atoms with Gasteiger partial charge in [0.2, 0.25) is 0 Å². The number of benzene rings is 1. The van der Waals surface area contributed by atoms with Gasteiger partial charge in [-0.1, -0.05) is 0 Å². The molecule has 6 nitrogen and oxygen atoms in total. The normalized spacial score (nSPS) is 22.0. The highest BCUT2D eigenvalue weighted by Crippen LogP contribution is 2.35. The smallest absolute Gasteiger partial charge is 0.322 e. The summed E-state index contributed by atoms with van der Waals surface area (Å²) < 4.78 is 15.8. The standard InChI is InChI=1S/C15H20N2O4/c1-19-15(18)14(16)10-4-5-17(9-10)11-2-3-12-13(8-11)21-7-6-20-12/h2-3,8,10,14H,4-7,9,16H2,1H3. The third-order valence-electron chi connectivity index (χ3n) is 4.10. The summed E-state index contributed by atoms with van der Waals surface area (Å²) in [5.74, 6) is 1.33. The molecular formula is C15H20N2O4. The van der Waals surface area contributed by atoms with Crippen LogP contribution in [0, 0.1) is 5.92 Å². The molecule has 1 saturated heterocycles. The second kappa shape index (κ2) is 5.81. The van der Waals surface area contributed by atoms with Gasteiger partial charge in [-0.25, -0.2) is 0 Å². The first-order valence-corrected chi connectivity index (χ1v) is 7.17. The van der Waals surface area contributed by atoms with Gasteiger partial charge in [-0.2, -0.15) is 0 Å². The monoisotopic (exact) mass is 292 g/mol. The van der Waals surface area contributed by atoms with Gasteiger partial charge in [-0.3, -0.25) is 4.79 Å². The quantitative estimate of drug-likeness (QED) is 0.830. The van der Waals surface area contributed by atoms with Crippen molar-refractivity contribution in [2.45, 2.75) is 12.5 Å². The predicted octanol–water partition coefficient (Wildman–Crippen LogP) is 0.784. The molecule has 21 heavy (non-hydrogen) atoms. The number of nitrogens with two attached hydrogens (primary N) is 1. The van der Waals surface area contributed by atoms with Crippen LogP contribution in [0.15, 0.2) is 18.2 Å². The summed E-state index contributed by atoms with van der Waals surface area (Å²) in [6.45, 7) is 2.78. The Balaban J connectivity index is 1.70. The van der Waals surface area contributed by atoms with Crippen LogP contribution in [-0.2, 0) is 9.53 Å². The topological polar surface area (TPSA) is 74.0 Å². The highest BCUT2D eigenvalue weighted by Gasteiger charge is 2.32. The van der Waals surface area contributed by atoms with E-state index in [2.05, 4.69) is 4.90 Å². The summed E-state index contributed by atoms with van der Waals surface area (Å²) in [6, 6.07) is 5.37. The fourth-order valence-electron chi connectivity index (χ4n) is 2.87. The zero-order valence-corrected chi connectivity index (χ0v) is 12.1. The Morgan fingerprint density at radius 3 is 2.90 bits per heavy atom. The van der Waals surface area contributed by atoms with E-state index in [0.717, 1.165) is 36.7 Å². The molecule has 2 unspecified atom stereocenters. The Hall–Kier alpha value is -1.95. The van der Waals surface area contributed by atoms with Gasteiger partial charge in [0.1, 0.15) is 19.3 Å². The average Bonchev–Trinajstić information content (AvgIpc) is 3.02. The molecule has 0 aliphatic carbocycles. The fourth-order valence-corrected chi connectivity index (χ4v) is 2.87. The molecule has 2 heterocycles. The van der Waals surface area contributed by atoms with Crippen LogP contribution in [-0.4, -0.2) is 45.4 Å². The number of carbonyl (C=O) groups is 1. The molecular weight excluding hydrogens is 272 g/mol. The van der Waals surface area contributed by atoms with E-state index in [1.54, 1.807) is 0 Å². The van der Waals surface area contributed by atoms with E-state index in [1.165, 1.54) is 7.11 Å². The lowest BCUT2D eigenvalue weighted by atomic mass is 10.0. The van der Waals surface area contributed by atoms with Crippen LogP contribution in [0.3, 0.4) is 0 Å². The largest absolute Gasteiger partial charge is 0.486 e. The number of esters is 1. The summed E-state index contributed by atoms with van der Waals surface area (Å²) >= 11 is 0. The minimum Gasteiger partial charge on any atom is -0.486 e. The third kappa shape index (κ3) is 2.76. The number of ether oxygens (including phenoxy) is 3. The van der Waals surface area contributed by atoms with E-state index < -0.39 is 6.04 Å². The molecule has 0 radical (unpaired) electrons. The highest BCUT2D eigenvalue weighted by molar-refractivity contribution is 5.76. The Morgan fingerprint density at radius 2 is 2.14 bits per heavy atom. The number of anilines is 1. The van der Waals surface area contributed by atoms with E-state index >= 15 is 0 Å². The number of hydrogen-bond acceptors (Lipinski definition) is 6. The number of methoxy groups -OCH3 is 1. The third-order valence-corrected chi connectivity index (χ3v) is 4.10. The molecule has 2 aliphatic heterocycles. The Labute approximate surface area is 123 Å². The lowest BCUT2D eigenvalue weighted by molar-refractivity contribution is -0.143. The van der Waals surface area contributed by atoms with Crippen LogP contribution < -0.4 is 20.1 Å². The van der Waals surface area contributed by atoms with Crippen molar-refractivity contribution in [2.75, 3.05) is 38.3 Å². The molecule has 6 heteroatoms. The molecule has 2 atom stereocenters. The van der Waals surface area contributed by atoms with Crippen molar-refractivity contribution < 1.29 is 19.0 Å². The van der Waals surface area contributed by atoms with Gasteiger partial charge in [-0.15, -0.1) is 0 Å². The lowest BCUT2D eigenvalue weighted by Crippen LogP contribution is -2.40. The van der Waals surface area contributed by atoms with Gasteiger partial charge < -0.3 is 24.8 Å². The maximum Gasteiger partial charge on any atom is 0.322 e. The number of nitrogens with zero attached hydrogens (tertiary/aromatic N) is 1. The molecule has 2 aliphatic rings. The van der Waals surface area contributed by atoms with Crippen molar-refractivity contribution in [3.8, 4) is 11.5 Å². The van der Waals surface area contributed by atoms with Gasteiger partial charge in [0.15, 0.2) is 11.5 Å². The second-order valence-electron chi connectivity index (χ2n) is 5.37.